The summed E-state index contributed by atoms with van der Waals surface area (Å²) in [7, 11) is 0. The highest BCUT2D eigenvalue weighted by Crippen LogP contribution is 2.48. The van der Waals surface area contributed by atoms with Crippen LogP contribution < -0.4 is 22.4 Å². The Morgan fingerprint density at radius 1 is 0.452 bits per heavy atom. The Morgan fingerprint density at radius 2 is 0.833 bits per heavy atom. The smallest absolute Gasteiger partial charge is 0.0995 e. The van der Waals surface area contributed by atoms with Gasteiger partial charge in [0.15, 0.2) is 0 Å². The lowest BCUT2D eigenvalue weighted by molar-refractivity contribution is 1.17. The fraction of sp³-hybridized carbons (Fsp3) is 0.125. The van der Waals surface area contributed by atoms with Crippen molar-refractivity contribution in [2.24, 2.45) is 21.9 Å². The molecule has 0 bridgehead atoms. The maximum absolute atomic E-state index is 6.16. The summed E-state index contributed by atoms with van der Waals surface area (Å²) in [5, 5.41) is 17.6. The molecule has 9 rings (SSSR count). The molecule has 3 aromatic carbocycles. The van der Waals surface area contributed by atoms with Crippen LogP contribution in [0.2, 0.25) is 0 Å². The Kier molecular flexibility index (Phi) is 5.27. The van der Waals surface area contributed by atoms with E-state index in [9.17, 15) is 0 Å². The van der Waals surface area contributed by atoms with Crippen molar-refractivity contribution in [1.82, 2.24) is 0 Å². The number of hydrogen-bond acceptors (Lipinski definition) is 10. The summed E-state index contributed by atoms with van der Waals surface area (Å²) >= 11 is 11.1. The first-order valence-corrected chi connectivity index (χ1v) is 18.3. The van der Waals surface area contributed by atoms with Crippen LogP contribution in [0.1, 0.15) is 20.9 Å². The van der Waals surface area contributed by atoms with Crippen molar-refractivity contribution in [2.45, 2.75) is 27.7 Å². The topological polar surface area (TPSA) is 76.8 Å². The van der Waals surface area contributed by atoms with Crippen molar-refractivity contribution in [3.8, 4) is 19.5 Å². The Morgan fingerprint density at radius 3 is 1.21 bits per heavy atom. The summed E-state index contributed by atoms with van der Waals surface area (Å²) in [4.78, 5) is 7.83. The average molecular weight is 655 g/mol. The van der Waals surface area contributed by atoms with Crippen molar-refractivity contribution in [2.75, 3.05) is 0 Å². The molecule has 9 aromatic rings. The quantitative estimate of drug-likeness (QED) is 0.144. The van der Waals surface area contributed by atoms with E-state index in [1.165, 1.54) is 79.4 Å². The van der Waals surface area contributed by atoms with Crippen LogP contribution in [0.15, 0.2) is 46.6 Å². The zero-order chi connectivity index (χ0) is 28.6. The molecule has 0 aliphatic heterocycles. The van der Waals surface area contributed by atoms with Gasteiger partial charge in [0.1, 0.15) is 0 Å². The number of aryl methyl sites for hydroxylation is 4. The Bertz CT molecular complexity index is 2460. The van der Waals surface area contributed by atoms with Gasteiger partial charge in [0.25, 0.3) is 0 Å². The molecule has 0 saturated heterocycles. The molecule has 4 N–H and O–H groups in total. The van der Waals surface area contributed by atoms with Crippen LogP contribution in [0.25, 0.3) is 80.0 Å². The van der Waals surface area contributed by atoms with Crippen LogP contribution in [0.4, 0.5) is 0 Å². The van der Waals surface area contributed by atoms with Crippen LogP contribution >= 0.6 is 68.0 Å². The van der Waals surface area contributed by atoms with E-state index in [4.69, 9.17) is 11.7 Å². The predicted octanol–water partition coefficient (Wildman–Crippen LogP) is 9.97. The zero-order valence-electron chi connectivity index (χ0n) is 23.0. The van der Waals surface area contributed by atoms with Gasteiger partial charge in [0, 0.05) is 89.8 Å². The Balaban J connectivity index is 1.33. The van der Waals surface area contributed by atoms with Crippen LogP contribution in [0.5, 0.6) is 0 Å². The molecular formula is C32H22N4S6. The van der Waals surface area contributed by atoms with Crippen molar-refractivity contribution < 1.29 is 0 Å². The molecule has 42 heavy (non-hydrogen) atoms. The molecule has 0 amide bonds. The van der Waals surface area contributed by atoms with E-state index in [1.54, 1.807) is 0 Å². The number of hydrogen-bond donors (Lipinski definition) is 2. The van der Waals surface area contributed by atoms with Gasteiger partial charge < -0.3 is 11.7 Å². The fourth-order valence-electron chi connectivity index (χ4n) is 6.60. The third-order valence-corrected chi connectivity index (χ3v) is 15.4. The van der Waals surface area contributed by atoms with Crippen LogP contribution in [0, 0.1) is 27.7 Å². The van der Waals surface area contributed by atoms with Crippen LogP contribution in [0.3, 0.4) is 0 Å². The standard InChI is InChI=1S/C32H22N4S6/c1-11-5-17-21(37-11)9-23(39-17)19-7-15-29(35-33)25-14(4)28-26(13(3)27(25)31(15)41-19)30(36-34)16-8-20(42-32(16)28)24-10-22-18(40-24)6-12(2)38-22/h5-10H,33-34H2,1-4H3/b35-29-,36-30-. The molecule has 0 saturated carbocycles. The highest BCUT2D eigenvalue weighted by Gasteiger charge is 2.25. The van der Waals surface area contributed by atoms with E-state index in [2.05, 4.69) is 74.3 Å². The fourth-order valence-corrected chi connectivity index (χ4v) is 13.9. The SMILES string of the molecule is Cc1cc2sc(-c3cc4/c(=N/N)c5c(C)c6c(c(C)c5c4s3)/c(=N\N)c3cc(-c4cc5sc(C)cc5s4)sc36)cc2s1. The molecule has 4 nitrogen and oxygen atoms in total. The third-order valence-electron chi connectivity index (χ3n) is 8.31. The van der Waals surface area contributed by atoms with E-state index in [-0.39, 0.29) is 0 Å². The summed E-state index contributed by atoms with van der Waals surface area (Å²) in [6.45, 7) is 8.76. The van der Waals surface area contributed by atoms with Gasteiger partial charge in [-0.25, -0.2) is 0 Å². The van der Waals surface area contributed by atoms with Gasteiger partial charge in [-0.2, -0.15) is 10.2 Å². The van der Waals surface area contributed by atoms with Crippen molar-refractivity contribution in [3.05, 3.63) is 68.0 Å². The lowest BCUT2D eigenvalue weighted by Crippen LogP contribution is -2.07. The van der Waals surface area contributed by atoms with Crippen LogP contribution in [-0.2, 0) is 0 Å². The lowest BCUT2D eigenvalue weighted by atomic mass is 9.98. The monoisotopic (exact) mass is 654 g/mol. The van der Waals surface area contributed by atoms with Gasteiger partial charge in [-0.1, -0.05) is 0 Å². The highest BCUT2D eigenvalue weighted by molar-refractivity contribution is 7.33. The largest absolute Gasteiger partial charge is 0.323 e. The lowest BCUT2D eigenvalue weighted by Gasteiger charge is -2.07. The summed E-state index contributed by atoms with van der Waals surface area (Å²) in [5.74, 6) is 12.3. The third kappa shape index (κ3) is 3.25. The van der Waals surface area contributed by atoms with E-state index in [0.717, 1.165) is 32.3 Å². The summed E-state index contributed by atoms with van der Waals surface area (Å²) in [5.41, 5.74) is 2.39. The summed E-state index contributed by atoms with van der Waals surface area (Å²) in [6.07, 6.45) is 0. The number of nitrogens with two attached hydrogens (primary N) is 2. The van der Waals surface area contributed by atoms with Crippen molar-refractivity contribution in [1.29, 1.82) is 0 Å². The first kappa shape index (κ1) is 25.4. The van der Waals surface area contributed by atoms with Crippen LogP contribution in [-0.4, -0.2) is 0 Å². The molecule has 0 aliphatic carbocycles. The normalized spacial score (nSPS) is 13.7. The average Bonchev–Trinajstić information content (AvgIpc) is 3.76. The molecule has 6 aromatic heterocycles. The van der Waals surface area contributed by atoms with Gasteiger partial charge in [0.05, 0.1) is 10.7 Å². The molecule has 0 unspecified atom stereocenters. The molecule has 6 heterocycles. The molecular weight excluding hydrogens is 633 g/mol. The summed E-state index contributed by atoms with van der Waals surface area (Å²) in [6, 6.07) is 13.8. The number of thiophene rings is 6. The van der Waals surface area contributed by atoms with Crippen molar-refractivity contribution >= 4 is 129 Å². The predicted molar refractivity (Wildman–Crippen MR) is 190 cm³/mol. The Hall–Kier alpha value is -3.12. The molecule has 206 valence electrons. The molecule has 0 fully saturated rings. The van der Waals surface area contributed by atoms with Gasteiger partial charge in [0.2, 0.25) is 0 Å². The van der Waals surface area contributed by atoms with E-state index >= 15 is 0 Å². The molecule has 0 radical (unpaired) electrons. The molecule has 0 spiro atoms. The van der Waals surface area contributed by atoms with E-state index in [0.29, 0.717) is 0 Å². The van der Waals surface area contributed by atoms with E-state index < -0.39 is 0 Å². The molecule has 0 atom stereocenters. The van der Waals surface area contributed by atoms with E-state index in [1.807, 2.05) is 68.0 Å². The second kappa shape index (κ2) is 8.72. The first-order valence-electron chi connectivity index (χ1n) is 13.4. The maximum Gasteiger partial charge on any atom is 0.0995 e. The number of nitrogens with zero attached hydrogens (tertiary/aromatic N) is 2. The second-order valence-corrected chi connectivity index (χ2v) is 17.7. The minimum absolute atomic E-state index is 0.880. The zero-order valence-corrected chi connectivity index (χ0v) is 27.9. The maximum atomic E-state index is 6.16. The van der Waals surface area contributed by atoms with Gasteiger partial charge in [-0.05, 0) is 75.2 Å². The van der Waals surface area contributed by atoms with Gasteiger partial charge >= 0.3 is 0 Å². The summed E-state index contributed by atoms with van der Waals surface area (Å²) < 4.78 is 7.89. The molecule has 10 heteroatoms. The van der Waals surface area contributed by atoms with Crippen molar-refractivity contribution in [3.63, 3.8) is 0 Å². The Labute approximate surface area is 263 Å². The first-order chi connectivity index (χ1) is 20.3. The van der Waals surface area contributed by atoms with Gasteiger partial charge in [-0.15, -0.1) is 68.0 Å². The number of rotatable bonds is 2. The minimum atomic E-state index is 0.880. The molecule has 0 aliphatic rings. The highest BCUT2D eigenvalue weighted by atomic mass is 32.1. The minimum Gasteiger partial charge on any atom is -0.323 e. The number of benzene rings is 1. The second-order valence-electron chi connectivity index (χ2n) is 10.8. The number of fused-ring (bicyclic) bond motifs is 8. The van der Waals surface area contributed by atoms with Gasteiger partial charge in [-0.3, -0.25) is 0 Å².